The van der Waals surface area contributed by atoms with E-state index in [1.165, 1.54) is 17.2 Å². The number of halogens is 1. The Morgan fingerprint density at radius 3 is 2.49 bits per heavy atom. The highest BCUT2D eigenvalue weighted by Gasteiger charge is 2.24. The van der Waals surface area contributed by atoms with Crippen molar-refractivity contribution in [2.24, 2.45) is 5.92 Å². The van der Waals surface area contributed by atoms with E-state index < -0.39 is 11.9 Å². The van der Waals surface area contributed by atoms with Crippen molar-refractivity contribution >= 4 is 23.5 Å². The van der Waals surface area contributed by atoms with Gasteiger partial charge in [0.25, 0.3) is 0 Å². The standard InChI is InChI=1S/C36H42FN5O5/c1-23-16-24(2)34(25(3)17-23)47-36(43)42(21-27-18-29(44-5)10-12-31(27)45-6)33-13-14-38-35(40-33)39-28-9-11-32(30(37)19-28)46-22-26-8-7-15-41(4)20-26/h9-14,16-19,26H,7-8,15,20-22H2,1-6H3,(H,38,39,40). The van der Waals surface area contributed by atoms with Crippen LogP contribution in [-0.2, 0) is 6.54 Å². The average Bonchev–Trinajstić information content (AvgIpc) is 3.05. The first-order chi connectivity index (χ1) is 22.6. The van der Waals surface area contributed by atoms with E-state index in [9.17, 15) is 4.79 Å². The van der Waals surface area contributed by atoms with Crippen LogP contribution in [0.15, 0.2) is 60.8 Å². The predicted molar refractivity (Wildman–Crippen MR) is 180 cm³/mol. The Hall–Kier alpha value is -4.90. The molecule has 10 nitrogen and oxygen atoms in total. The molecule has 1 unspecified atom stereocenters. The average molecular weight is 644 g/mol. The van der Waals surface area contributed by atoms with Gasteiger partial charge in [-0.3, -0.25) is 4.90 Å². The van der Waals surface area contributed by atoms with Gasteiger partial charge in [-0.25, -0.2) is 14.2 Å². The molecule has 47 heavy (non-hydrogen) atoms. The van der Waals surface area contributed by atoms with E-state index >= 15 is 4.39 Å². The normalized spacial score (nSPS) is 14.7. The lowest BCUT2D eigenvalue weighted by Crippen LogP contribution is -2.34. The second-order valence-electron chi connectivity index (χ2n) is 11.9. The molecule has 3 aromatic carbocycles. The number of anilines is 3. The maximum absolute atomic E-state index is 15.1. The molecule has 0 saturated carbocycles. The number of benzene rings is 3. The monoisotopic (exact) mass is 643 g/mol. The van der Waals surface area contributed by atoms with Crippen molar-refractivity contribution in [3.8, 4) is 23.0 Å². The number of piperidine rings is 1. The highest BCUT2D eigenvalue weighted by atomic mass is 19.1. The van der Waals surface area contributed by atoms with E-state index in [4.69, 9.17) is 18.9 Å². The molecule has 0 bridgehead atoms. The van der Waals surface area contributed by atoms with Crippen LogP contribution in [0.3, 0.4) is 0 Å². The number of aromatic nitrogens is 2. The molecule has 1 saturated heterocycles. The van der Waals surface area contributed by atoms with Gasteiger partial charge >= 0.3 is 6.09 Å². The molecule has 1 aliphatic heterocycles. The van der Waals surface area contributed by atoms with Gasteiger partial charge in [-0.1, -0.05) is 17.7 Å². The summed E-state index contributed by atoms with van der Waals surface area (Å²) in [5.41, 5.74) is 3.84. The third-order valence-corrected chi connectivity index (χ3v) is 8.13. The number of aryl methyl sites for hydroxylation is 3. The van der Waals surface area contributed by atoms with Gasteiger partial charge in [0.05, 0.1) is 27.4 Å². The van der Waals surface area contributed by atoms with Crippen LogP contribution < -0.4 is 29.2 Å². The Bertz CT molecular complexity index is 1690. The highest BCUT2D eigenvalue weighted by molar-refractivity contribution is 5.88. The number of likely N-dealkylation sites (tertiary alicyclic amines) is 1. The van der Waals surface area contributed by atoms with Crippen LogP contribution >= 0.6 is 0 Å². The van der Waals surface area contributed by atoms with Gasteiger partial charge in [-0.05, 0) is 94.7 Å². The topological polar surface area (TPSA) is 98.3 Å². The molecule has 1 N–H and O–H groups in total. The van der Waals surface area contributed by atoms with Crippen molar-refractivity contribution in [2.75, 3.05) is 51.2 Å². The number of nitrogens with zero attached hydrogens (tertiary/aromatic N) is 4. The van der Waals surface area contributed by atoms with Crippen molar-refractivity contribution in [3.63, 3.8) is 0 Å². The number of rotatable bonds is 11. The maximum Gasteiger partial charge on any atom is 0.421 e. The second kappa shape index (κ2) is 15.1. The summed E-state index contributed by atoms with van der Waals surface area (Å²) in [6, 6.07) is 15.5. The van der Waals surface area contributed by atoms with E-state index in [2.05, 4.69) is 27.2 Å². The molecule has 2 heterocycles. The van der Waals surface area contributed by atoms with Crippen LogP contribution in [-0.4, -0.2) is 61.9 Å². The summed E-state index contributed by atoms with van der Waals surface area (Å²) >= 11 is 0. The lowest BCUT2D eigenvalue weighted by Gasteiger charge is -2.29. The molecule has 1 atom stereocenters. The summed E-state index contributed by atoms with van der Waals surface area (Å²) in [4.78, 5) is 26.5. The van der Waals surface area contributed by atoms with E-state index in [-0.39, 0.29) is 24.1 Å². The van der Waals surface area contributed by atoms with Crippen LogP contribution in [0.2, 0.25) is 0 Å². The third-order valence-electron chi connectivity index (χ3n) is 8.13. The number of hydrogen-bond donors (Lipinski definition) is 1. The molecule has 1 aliphatic rings. The minimum Gasteiger partial charge on any atom is -0.497 e. The molecule has 1 fully saturated rings. The van der Waals surface area contributed by atoms with E-state index in [1.807, 2.05) is 32.9 Å². The van der Waals surface area contributed by atoms with E-state index in [0.717, 1.165) is 42.6 Å². The lowest BCUT2D eigenvalue weighted by atomic mass is 10.00. The molecule has 11 heteroatoms. The Kier molecular flexibility index (Phi) is 10.8. The maximum atomic E-state index is 15.1. The first-order valence-corrected chi connectivity index (χ1v) is 15.6. The van der Waals surface area contributed by atoms with Gasteiger partial charge in [0.15, 0.2) is 11.6 Å². The fourth-order valence-electron chi connectivity index (χ4n) is 5.89. The zero-order valence-corrected chi connectivity index (χ0v) is 27.8. The summed E-state index contributed by atoms with van der Waals surface area (Å²) in [5, 5.41) is 3.05. The third kappa shape index (κ3) is 8.48. The molecule has 1 aromatic heterocycles. The molecule has 248 valence electrons. The number of amides is 1. The first kappa shape index (κ1) is 33.5. The van der Waals surface area contributed by atoms with Crippen LogP contribution in [0.5, 0.6) is 23.0 Å². The van der Waals surface area contributed by atoms with E-state index in [1.54, 1.807) is 50.6 Å². The lowest BCUT2D eigenvalue weighted by molar-refractivity contribution is 0.147. The van der Waals surface area contributed by atoms with Crippen molar-refractivity contribution in [1.82, 2.24) is 14.9 Å². The summed E-state index contributed by atoms with van der Waals surface area (Å²) < 4.78 is 37.9. The minimum atomic E-state index is -0.647. The fraction of sp³-hybridized carbons (Fsp3) is 0.361. The Balaban J connectivity index is 1.39. The number of ether oxygens (including phenoxy) is 4. The van der Waals surface area contributed by atoms with Gasteiger partial charge in [0.1, 0.15) is 23.1 Å². The Morgan fingerprint density at radius 2 is 1.79 bits per heavy atom. The molecular weight excluding hydrogens is 601 g/mol. The van der Waals surface area contributed by atoms with Gasteiger partial charge in [-0.2, -0.15) is 4.98 Å². The molecule has 4 aromatic rings. The summed E-state index contributed by atoms with van der Waals surface area (Å²) in [7, 11) is 5.22. The smallest absolute Gasteiger partial charge is 0.421 e. The molecule has 0 radical (unpaired) electrons. The van der Waals surface area contributed by atoms with Gasteiger partial charge < -0.3 is 29.2 Å². The first-order valence-electron chi connectivity index (χ1n) is 15.6. The zero-order chi connectivity index (χ0) is 33.5. The number of carbonyl (C=O) groups is 1. The van der Waals surface area contributed by atoms with E-state index in [0.29, 0.717) is 41.0 Å². The van der Waals surface area contributed by atoms with Crippen molar-refractivity contribution in [2.45, 2.75) is 40.2 Å². The van der Waals surface area contributed by atoms with Crippen molar-refractivity contribution < 1.29 is 28.1 Å². The van der Waals surface area contributed by atoms with Gasteiger partial charge in [0.2, 0.25) is 5.95 Å². The summed E-state index contributed by atoms with van der Waals surface area (Å²) in [6.45, 7) is 8.32. The molecule has 0 aliphatic carbocycles. The Morgan fingerprint density at radius 1 is 1.02 bits per heavy atom. The number of carbonyl (C=O) groups excluding carboxylic acids is 1. The SMILES string of the molecule is COc1ccc(OC)c(CN(C(=O)Oc2c(C)cc(C)cc2C)c2ccnc(Nc3ccc(OCC4CCCN(C)C4)c(F)c3)n2)c1. The predicted octanol–water partition coefficient (Wildman–Crippen LogP) is 7.23. The molecule has 0 spiro atoms. The largest absolute Gasteiger partial charge is 0.497 e. The fourth-order valence-corrected chi connectivity index (χ4v) is 5.89. The van der Waals surface area contributed by atoms with Crippen LogP contribution in [0.4, 0.5) is 26.6 Å². The quantitative estimate of drug-likeness (QED) is 0.182. The summed E-state index contributed by atoms with van der Waals surface area (Å²) in [5.74, 6) is 2.14. The van der Waals surface area contributed by atoms with Crippen LogP contribution in [0, 0.1) is 32.5 Å². The number of methoxy groups -OCH3 is 2. The van der Waals surface area contributed by atoms with Crippen molar-refractivity contribution in [3.05, 3.63) is 88.9 Å². The highest BCUT2D eigenvalue weighted by Crippen LogP contribution is 2.31. The van der Waals surface area contributed by atoms with Crippen molar-refractivity contribution in [1.29, 1.82) is 0 Å². The van der Waals surface area contributed by atoms with Gasteiger partial charge in [0, 0.05) is 36.0 Å². The molecule has 5 rings (SSSR count). The zero-order valence-electron chi connectivity index (χ0n) is 27.8. The Labute approximate surface area is 275 Å². The minimum absolute atomic E-state index is 0.0526. The number of nitrogens with one attached hydrogen (secondary N) is 1. The van der Waals surface area contributed by atoms with Crippen LogP contribution in [0.25, 0.3) is 0 Å². The molecule has 1 amide bonds. The summed E-state index contributed by atoms with van der Waals surface area (Å²) in [6.07, 6.45) is 3.05. The van der Waals surface area contributed by atoms with Gasteiger partial charge in [-0.15, -0.1) is 0 Å². The van der Waals surface area contributed by atoms with Crippen LogP contribution in [0.1, 0.15) is 35.1 Å². The number of hydrogen-bond acceptors (Lipinski definition) is 9. The molecular formula is C36H42FN5O5. The second-order valence-corrected chi connectivity index (χ2v) is 11.9.